The van der Waals surface area contributed by atoms with E-state index in [4.69, 9.17) is 5.26 Å². The minimum Gasteiger partial charge on any atom is -0.465 e. The van der Waals surface area contributed by atoms with E-state index in [0.29, 0.717) is 17.9 Å². The average Bonchev–Trinajstić information content (AvgIpc) is 2.52. The Balaban J connectivity index is 2.11. The van der Waals surface area contributed by atoms with Crippen LogP contribution in [0.2, 0.25) is 0 Å². The van der Waals surface area contributed by atoms with E-state index in [-0.39, 0.29) is 11.7 Å². The second-order valence-corrected chi connectivity index (χ2v) is 3.91. The quantitative estimate of drug-likeness (QED) is 0.850. The summed E-state index contributed by atoms with van der Waals surface area (Å²) in [5.74, 6) is 0.0301. The number of benzene rings is 1. The first-order valence-electron chi connectivity index (χ1n) is 5.87. The number of nitriles is 1. The summed E-state index contributed by atoms with van der Waals surface area (Å²) in [4.78, 5) is 19.4. The summed E-state index contributed by atoms with van der Waals surface area (Å²) >= 11 is 0. The highest BCUT2D eigenvalue weighted by Gasteiger charge is 2.07. The highest BCUT2D eigenvalue weighted by molar-refractivity contribution is 5.89. The standard InChI is InChI=1S/C14H12N4O2/c1-20-14(19)11-4-2-3-10(7-11)9-18-13-12(8-15)16-5-6-17-13/h2-7H,9H2,1H3,(H,17,18). The SMILES string of the molecule is COC(=O)c1cccc(CNc2nccnc2C#N)c1. The van der Waals surface area contributed by atoms with Crippen LogP contribution in [0, 0.1) is 11.3 Å². The number of nitrogens with zero attached hydrogens (tertiary/aromatic N) is 3. The number of esters is 1. The summed E-state index contributed by atoms with van der Waals surface area (Å²) < 4.78 is 4.67. The lowest BCUT2D eigenvalue weighted by Crippen LogP contribution is -2.06. The van der Waals surface area contributed by atoms with Gasteiger partial charge in [0.1, 0.15) is 6.07 Å². The lowest BCUT2D eigenvalue weighted by Gasteiger charge is -2.07. The molecule has 2 rings (SSSR count). The van der Waals surface area contributed by atoms with Gasteiger partial charge in [-0.15, -0.1) is 0 Å². The lowest BCUT2D eigenvalue weighted by atomic mass is 10.1. The van der Waals surface area contributed by atoms with Crippen LogP contribution in [0.1, 0.15) is 21.6 Å². The van der Waals surface area contributed by atoms with Crippen molar-refractivity contribution in [3.63, 3.8) is 0 Å². The van der Waals surface area contributed by atoms with Gasteiger partial charge in [0.25, 0.3) is 0 Å². The molecule has 0 amide bonds. The largest absolute Gasteiger partial charge is 0.465 e. The zero-order chi connectivity index (χ0) is 14.4. The van der Waals surface area contributed by atoms with Gasteiger partial charge in [0.2, 0.25) is 0 Å². The number of hydrogen-bond acceptors (Lipinski definition) is 6. The molecule has 0 atom stereocenters. The summed E-state index contributed by atoms with van der Waals surface area (Å²) in [7, 11) is 1.34. The molecule has 0 unspecified atom stereocenters. The Morgan fingerprint density at radius 2 is 2.20 bits per heavy atom. The molecule has 6 heteroatoms. The number of ether oxygens (including phenoxy) is 1. The molecule has 20 heavy (non-hydrogen) atoms. The van der Waals surface area contributed by atoms with E-state index in [1.165, 1.54) is 19.5 Å². The monoisotopic (exact) mass is 268 g/mol. The predicted molar refractivity (Wildman–Crippen MR) is 71.9 cm³/mol. The number of methoxy groups -OCH3 is 1. The zero-order valence-electron chi connectivity index (χ0n) is 10.8. The summed E-state index contributed by atoms with van der Waals surface area (Å²) in [6.45, 7) is 0.429. The van der Waals surface area contributed by atoms with Crippen molar-refractivity contribution in [1.82, 2.24) is 9.97 Å². The molecule has 0 aliphatic heterocycles. The first-order chi connectivity index (χ1) is 9.74. The Morgan fingerprint density at radius 3 is 2.95 bits per heavy atom. The molecule has 0 spiro atoms. The molecule has 1 N–H and O–H groups in total. The molecule has 0 saturated heterocycles. The van der Waals surface area contributed by atoms with Gasteiger partial charge in [-0.05, 0) is 17.7 Å². The van der Waals surface area contributed by atoms with E-state index >= 15 is 0 Å². The van der Waals surface area contributed by atoms with Gasteiger partial charge in [-0.25, -0.2) is 14.8 Å². The van der Waals surface area contributed by atoms with Gasteiger partial charge in [0, 0.05) is 18.9 Å². The van der Waals surface area contributed by atoms with Crippen molar-refractivity contribution in [3.05, 3.63) is 53.5 Å². The van der Waals surface area contributed by atoms with Gasteiger partial charge in [-0.2, -0.15) is 5.26 Å². The smallest absolute Gasteiger partial charge is 0.337 e. The molecule has 0 bridgehead atoms. The van der Waals surface area contributed by atoms with E-state index in [1.807, 2.05) is 12.1 Å². The van der Waals surface area contributed by atoms with E-state index < -0.39 is 0 Å². The molecule has 0 aliphatic carbocycles. The molecule has 2 aromatic rings. The first kappa shape index (κ1) is 13.5. The Hall–Kier alpha value is -2.94. The van der Waals surface area contributed by atoms with Crippen LogP contribution in [-0.2, 0) is 11.3 Å². The fourth-order valence-corrected chi connectivity index (χ4v) is 1.66. The lowest BCUT2D eigenvalue weighted by molar-refractivity contribution is 0.0600. The Morgan fingerprint density at radius 1 is 1.40 bits per heavy atom. The van der Waals surface area contributed by atoms with Crippen LogP contribution in [0.25, 0.3) is 0 Å². The third kappa shape index (κ3) is 3.09. The Labute approximate surface area is 116 Å². The summed E-state index contributed by atoms with van der Waals surface area (Å²) in [6.07, 6.45) is 2.97. The Bertz CT molecular complexity index is 664. The van der Waals surface area contributed by atoms with Crippen molar-refractivity contribution in [2.75, 3.05) is 12.4 Å². The third-order valence-corrected chi connectivity index (χ3v) is 2.61. The molecule has 0 aliphatic rings. The third-order valence-electron chi connectivity index (χ3n) is 2.61. The molecule has 0 radical (unpaired) electrons. The molecular formula is C14H12N4O2. The topological polar surface area (TPSA) is 87.9 Å². The molecule has 6 nitrogen and oxygen atoms in total. The number of aromatic nitrogens is 2. The van der Waals surface area contributed by atoms with Crippen molar-refractivity contribution < 1.29 is 9.53 Å². The Kier molecular flexibility index (Phi) is 4.24. The average molecular weight is 268 g/mol. The summed E-state index contributed by atoms with van der Waals surface area (Å²) in [6, 6.07) is 8.99. The van der Waals surface area contributed by atoms with Gasteiger partial charge < -0.3 is 10.1 Å². The molecule has 1 heterocycles. The zero-order valence-corrected chi connectivity index (χ0v) is 10.8. The maximum Gasteiger partial charge on any atom is 0.337 e. The van der Waals surface area contributed by atoms with Gasteiger partial charge >= 0.3 is 5.97 Å². The van der Waals surface area contributed by atoms with Crippen molar-refractivity contribution in [2.24, 2.45) is 0 Å². The maximum atomic E-state index is 11.4. The fraction of sp³-hybridized carbons (Fsp3) is 0.143. The van der Waals surface area contributed by atoms with Crippen LogP contribution < -0.4 is 5.32 Å². The summed E-state index contributed by atoms with van der Waals surface area (Å²) in [5, 5.41) is 11.9. The molecule has 1 aromatic carbocycles. The fourth-order valence-electron chi connectivity index (χ4n) is 1.66. The van der Waals surface area contributed by atoms with Crippen molar-refractivity contribution in [1.29, 1.82) is 5.26 Å². The van der Waals surface area contributed by atoms with Crippen molar-refractivity contribution in [3.8, 4) is 6.07 Å². The van der Waals surface area contributed by atoms with Crippen LogP contribution in [0.3, 0.4) is 0 Å². The normalized spacial score (nSPS) is 9.60. The predicted octanol–water partition coefficient (Wildman–Crippen LogP) is 1.75. The number of anilines is 1. The molecule has 0 fully saturated rings. The number of rotatable bonds is 4. The number of carbonyl (C=O) groups excluding carboxylic acids is 1. The minimum atomic E-state index is -0.385. The second-order valence-electron chi connectivity index (χ2n) is 3.91. The van der Waals surface area contributed by atoms with Gasteiger partial charge in [0.15, 0.2) is 11.5 Å². The van der Waals surface area contributed by atoms with Crippen LogP contribution in [-0.4, -0.2) is 23.0 Å². The molecule has 100 valence electrons. The summed E-state index contributed by atoms with van der Waals surface area (Å²) in [5.41, 5.74) is 1.59. The van der Waals surface area contributed by atoms with E-state index in [2.05, 4.69) is 20.0 Å². The van der Waals surface area contributed by atoms with E-state index in [9.17, 15) is 4.79 Å². The van der Waals surface area contributed by atoms with Crippen molar-refractivity contribution in [2.45, 2.75) is 6.54 Å². The second kappa shape index (κ2) is 6.29. The number of hydrogen-bond donors (Lipinski definition) is 1. The highest BCUT2D eigenvalue weighted by atomic mass is 16.5. The number of carbonyl (C=O) groups is 1. The molecule has 0 saturated carbocycles. The minimum absolute atomic E-state index is 0.233. The molecular weight excluding hydrogens is 256 g/mol. The van der Waals surface area contributed by atoms with Crippen molar-refractivity contribution >= 4 is 11.8 Å². The molecule has 1 aromatic heterocycles. The first-order valence-corrected chi connectivity index (χ1v) is 5.87. The van der Waals surface area contributed by atoms with Crippen LogP contribution in [0.4, 0.5) is 5.82 Å². The van der Waals surface area contributed by atoms with Crippen LogP contribution in [0.15, 0.2) is 36.7 Å². The number of nitrogens with one attached hydrogen (secondary N) is 1. The van der Waals surface area contributed by atoms with Crippen LogP contribution in [0.5, 0.6) is 0 Å². The van der Waals surface area contributed by atoms with Crippen LogP contribution >= 0.6 is 0 Å². The maximum absolute atomic E-state index is 11.4. The van der Waals surface area contributed by atoms with E-state index in [0.717, 1.165) is 5.56 Å². The van der Waals surface area contributed by atoms with Gasteiger partial charge in [0.05, 0.1) is 12.7 Å². The van der Waals surface area contributed by atoms with Gasteiger partial charge in [-0.1, -0.05) is 12.1 Å². The highest BCUT2D eigenvalue weighted by Crippen LogP contribution is 2.11. The van der Waals surface area contributed by atoms with Gasteiger partial charge in [-0.3, -0.25) is 0 Å². The van der Waals surface area contributed by atoms with E-state index in [1.54, 1.807) is 18.2 Å².